The van der Waals surface area contributed by atoms with Crippen molar-refractivity contribution in [1.82, 2.24) is 0 Å². The van der Waals surface area contributed by atoms with Gasteiger partial charge >= 0.3 is 26.8 Å². The summed E-state index contributed by atoms with van der Waals surface area (Å²) in [6.07, 6.45) is 2.75. The van der Waals surface area contributed by atoms with E-state index in [2.05, 4.69) is 8.37 Å². The first-order chi connectivity index (χ1) is 15.3. The molecule has 0 aromatic heterocycles. The van der Waals surface area contributed by atoms with Gasteiger partial charge in [-0.25, -0.2) is 8.37 Å². The lowest BCUT2D eigenvalue weighted by Crippen LogP contribution is -2.44. The molecule has 2 N–H and O–H groups in total. The highest BCUT2D eigenvalue weighted by Crippen LogP contribution is 2.15. The van der Waals surface area contributed by atoms with Gasteiger partial charge in [-0.1, -0.05) is 13.8 Å². The number of hydrogen-bond donors (Lipinski definition) is 2. The smallest absolute Gasteiger partial charge is 0.397 e. The van der Waals surface area contributed by atoms with Gasteiger partial charge in [-0.3, -0.25) is 13.9 Å². The molecule has 0 aliphatic rings. The zero-order valence-electron chi connectivity index (χ0n) is 21.3. The van der Waals surface area contributed by atoms with E-state index in [1.54, 1.807) is 13.8 Å². The molecule has 12 nitrogen and oxygen atoms in total. The second kappa shape index (κ2) is 14.6. The van der Waals surface area contributed by atoms with Crippen LogP contribution in [0.3, 0.4) is 0 Å². The molecule has 204 valence electrons. The molecule has 0 saturated carbocycles. The van der Waals surface area contributed by atoms with Crippen molar-refractivity contribution in [2.75, 3.05) is 67.6 Å². The summed E-state index contributed by atoms with van der Waals surface area (Å²) in [6, 6.07) is 0. The number of hydrogen-bond acceptors (Lipinski definition) is 8. The van der Waals surface area contributed by atoms with Gasteiger partial charge < -0.3 is 13.7 Å². The third-order valence-corrected chi connectivity index (χ3v) is 6.31. The standard InChI is InChI=1S/C20H42N2O10S2/c1-18(2)20(23)32-19(11-15-22(5,6)14-9-17-31-34(27,28)29)10-7-12-21(3,4)13-8-16-30-33(24,25)26/h18-19H,7-17H2,1-6H3/p+2. The molecule has 0 spiro atoms. The maximum absolute atomic E-state index is 12.2. The molecule has 14 heteroatoms. The van der Waals surface area contributed by atoms with Crippen molar-refractivity contribution in [1.29, 1.82) is 0 Å². The first-order valence-corrected chi connectivity index (χ1v) is 14.1. The minimum Gasteiger partial charge on any atom is -0.462 e. The third-order valence-electron chi connectivity index (χ3n) is 5.38. The summed E-state index contributed by atoms with van der Waals surface area (Å²) in [5, 5.41) is 0. The van der Waals surface area contributed by atoms with Crippen LogP contribution in [0.2, 0.25) is 0 Å². The summed E-state index contributed by atoms with van der Waals surface area (Å²) in [7, 11) is -0.858. The summed E-state index contributed by atoms with van der Waals surface area (Å²) in [5.41, 5.74) is 0. The maximum Gasteiger partial charge on any atom is 0.397 e. The van der Waals surface area contributed by atoms with E-state index >= 15 is 0 Å². The Labute approximate surface area is 205 Å². The molecule has 0 heterocycles. The fraction of sp³-hybridized carbons (Fsp3) is 0.950. The van der Waals surface area contributed by atoms with E-state index in [0.717, 1.165) is 13.0 Å². The Balaban J connectivity index is 4.67. The monoisotopic (exact) mass is 536 g/mol. The number of ether oxygens (including phenoxy) is 1. The molecule has 0 saturated heterocycles. The average Bonchev–Trinajstić information content (AvgIpc) is 2.65. The topological polar surface area (TPSA) is 154 Å². The van der Waals surface area contributed by atoms with Gasteiger partial charge in [-0.05, 0) is 6.42 Å². The Morgan fingerprint density at radius 3 is 1.56 bits per heavy atom. The molecule has 0 amide bonds. The Bertz CT molecular complexity index is 811. The normalized spacial score (nSPS) is 14.4. The first kappa shape index (κ1) is 33.1. The van der Waals surface area contributed by atoms with E-state index in [9.17, 15) is 21.6 Å². The number of esters is 1. The van der Waals surface area contributed by atoms with Crippen LogP contribution in [-0.2, 0) is 38.7 Å². The summed E-state index contributed by atoms with van der Waals surface area (Å²) in [6.45, 7) is 6.13. The fourth-order valence-electron chi connectivity index (χ4n) is 3.34. The van der Waals surface area contributed by atoms with Crippen molar-refractivity contribution in [2.45, 2.75) is 52.1 Å². The SMILES string of the molecule is CC(C)C(=O)OC(CCC[N+](C)(C)CCCOS(=O)(=O)O)CC[N+](C)(C)CCCOS(=O)(=O)O. The molecule has 34 heavy (non-hydrogen) atoms. The predicted octanol–water partition coefficient (Wildman–Crippen LogP) is 1.30. The Hall–Kier alpha value is -0.870. The highest BCUT2D eigenvalue weighted by Gasteiger charge is 2.24. The number of quaternary nitrogens is 2. The van der Waals surface area contributed by atoms with Gasteiger partial charge in [-0.2, -0.15) is 16.8 Å². The van der Waals surface area contributed by atoms with Crippen LogP contribution in [0, 0.1) is 5.92 Å². The molecular formula is C20H44N2O10S2+2. The van der Waals surface area contributed by atoms with Gasteiger partial charge in [0, 0.05) is 25.7 Å². The second-order valence-corrected chi connectivity index (χ2v) is 12.3. The van der Waals surface area contributed by atoms with E-state index in [4.69, 9.17) is 13.8 Å². The lowest BCUT2D eigenvalue weighted by molar-refractivity contribution is -0.891. The van der Waals surface area contributed by atoms with Gasteiger partial charge in [-0.15, -0.1) is 0 Å². The lowest BCUT2D eigenvalue weighted by Gasteiger charge is -2.32. The van der Waals surface area contributed by atoms with Crippen LogP contribution in [0.15, 0.2) is 0 Å². The van der Waals surface area contributed by atoms with Crippen LogP contribution in [-0.4, -0.2) is 115 Å². The molecule has 0 radical (unpaired) electrons. The summed E-state index contributed by atoms with van der Waals surface area (Å²) >= 11 is 0. The zero-order chi connectivity index (χ0) is 26.6. The van der Waals surface area contributed by atoms with Crippen molar-refractivity contribution in [3.8, 4) is 0 Å². The summed E-state index contributed by atoms with van der Waals surface area (Å²) < 4.78 is 75.5. The van der Waals surface area contributed by atoms with Crippen LogP contribution < -0.4 is 0 Å². The van der Waals surface area contributed by atoms with Gasteiger partial charge in [0.05, 0.1) is 73.5 Å². The van der Waals surface area contributed by atoms with Crippen LogP contribution in [0.5, 0.6) is 0 Å². The summed E-state index contributed by atoms with van der Waals surface area (Å²) in [4.78, 5) is 12.2. The average molecular weight is 537 g/mol. The molecule has 0 aliphatic carbocycles. The number of rotatable bonds is 19. The molecule has 0 fully saturated rings. The zero-order valence-corrected chi connectivity index (χ0v) is 22.9. The van der Waals surface area contributed by atoms with Crippen molar-refractivity contribution >= 4 is 26.8 Å². The number of carbonyl (C=O) groups is 1. The molecular weight excluding hydrogens is 492 g/mol. The first-order valence-electron chi connectivity index (χ1n) is 11.4. The second-order valence-electron chi connectivity index (χ2n) is 10.1. The largest absolute Gasteiger partial charge is 0.462 e. The Morgan fingerprint density at radius 2 is 1.15 bits per heavy atom. The highest BCUT2D eigenvalue weighted by molar-refractivity contribution is 7.81. The van der Waals surface area contributed by atoms with Crippen LogP contribution in [0.1, 0.15) is 46.0 Å². The molecule has 1 unspecified atom stereocenters. The van der Waals surface area contributed by atoms with Gasteiger partial charge in [0.2, 0.25) is 0 Å². The van der Waals surface area contributed by atoms with E-state index in [1.165, 1.54) is 0 Å². The molecule has 0 aromatic carbocycles. The van der Waals surface area contributed by atoms with E-state index in [-0.39, 0.29) is 31.2 Å². The van der Waals surface area contributed by atoms with E-state index < -0.39 is 20.8 Å². The van der Waals surface area contributed by atoms with E-state index in [1.807, 2.05) is 28.2 Å². The van der Waals surface area contributed by atoms with Gasteiger partial charge in [0.15, 0.2) is 0 Å². The van der Waals surface area contributed by atoms with Crippen molar-refractivity contribution in [3.63, 3.8) is 0 Å². The van der Waals surface area contributed by atoms with Crippen molar-refractivity contribution in [2.24, 2.45) is 5.92 Å². The quantitative estimate of drug-likeness (QED) is 0.107. The Kier molecular flexibility index (Phi) is 14.3. The predicted molar refractivity (Wildman–Crippen MR) is 126 cm³/mol. The summed E-state index contributed by atoms with van der Waals surface area (Å²) in [5.74, 6) is -0.495. The van der Waals surface area contributed by atoms with Crippen LogP contribution in [0.25, 0.3) is 0 Å². The minimum absolute atomic E-state index is 0.0859. The van der Waals surface area contributed by atoms with Crippen molar-refractivity contribution in [3.05, 3.63) is 0 Å². The number of nitrogens with zero attached hydrogens (tertiary/aromatic N) is 2. The Morgan fingerprint density at radius 1 is 0.735 bits per heavy atom. The lowest BCUT2D eigenvalue weighted by atomic mass is 10.1. The maximum atomic E-state index is 12.2. The highest BCUT2D eigenvalue weighted by atomic mass is 32.3. The van der Waals surface area contributed by atoms with Crippen LogP contribution >= 0.6 is 0 Å². The molecule has 0 aliphatic heterocycles. The molecule has 1 atom stereocenters. The fourth-order valence-corrected chi connectivity index (χ4v) is 4.00. The van der Waals surface area contributed by atoms with Crippen LogP contribution in [0.4, 0.5) is 0 Å². The molecule has 0 bridgehead atoms. The van der Waals surface area contributed by atoms with E-state index in [0.29, 0.717) is 54.3 Å². The molecule has 0 rings (SSSR count). The van der Waals surface area contributed by atoms with Crippen molar-refractivity contribution < 1.29 is 52.8 Å². The minimum atomic E-state index is -4.44. The third kappa shape index (κ3) is 19.4. The molecule has 0 aromatic rings. The number of carbonyl (C=O) groups excluding carboxylic acids is 1. The van der Waals surface area contributed by atoms with Gasteiger partial charge in [0.1, 0.15) is 6.10 Å². The van der Waals surface area contributed by atoms with Gasteiger partial charge in [0.25, 0.3) is 0 Å².